The van der Waals surface area contributed by atoms with Gasteiger partial charge in [-0.05, 0) is 36.4 Å². The second kappa shape index (κ2) is 8.45. The van der Waals surface area contributed by atoms with Crippen LogP contribution in [0.2, 0.25) is 0 Å². The zero-order valence-electron chi connectivity index (χ0n) is 15.8. The smallest absolute Gasteiger partial charge is 0.380 e. The first-order valence-electron chi connectivity index (χ1n) is 9.12. The third-order valence-electron chi connectivity index (χ3n) is 4.57. The average molecular weight is 429 g/mol. The second-order valence-electron chi connectivity index (χ2n) is 6.58. The van der Waals surface area contributed by atoms with E-state index < -0.39 is 35.7 Å². The molecule has 1 fully saturated rings. The minimum absolute atomic E-state index is 0.0721. The van der Waals surface area contributed by atoms with Crippen molar-refractivity contribution < 1.29 is 28.3 Å². The molecule has 12 heteroatoms. The van der Waals surface area contributed by atoms with E-state index in [9.17, 15) is 23.9 Å². The number of carbonyl (C=O) groups excluding carboxylic acids is 2. The summed E-state index contributed by atoms with van der Waals surface area (Å²) in [5.74, 6) is -2.66. The minimum atomic E-state index is -1.78. The van der Waals surface area contributed by atoms with Crippen LogP contribution >= 0.6 is 0 Å². The number of nitrogens with zero attached hydrogens (tertiary/aromatic N) is 3. The van der Waals surface area contributed by atoms with Gasteiger partial charge < -0.3 is 20.1 Å². The van der Waals surface area contributed by atoms with Gasteiger partial charge in [0.1, 0.15) is 0 Å². The summed E-state index contributed by atoms with van der Waals surface area (Å²) in [5.41, 5.74) is 1.20. The molecule has 0 spiro atoms. The molecule has 1 aliphatic rings. The number of aromatic amines is 1. The largest absolute Gasteiger partial charge is 0.439 e. The van der Waals surface area contributed by atoms with Crippen LogP contribution in [-0.4, -0.2) is 57.4 Å². The molecule has 4 rings (SSSR count). The lowest BCUT2D eigenvalue weighted by Crippen LogP contribution is -2.55. The van der Waals surface area contributed by atoms with E-state index in [1.54, 1.807) is 12.1 Å². The van der Waals surface area contributed by atoms with Gasteiger partial charge in [-0.2, -0.15) is 4.39 Å². The van der Waals surface area contributed by atoms with Crippen LogP contribution in [0, 0.1) is 5.95 Å². The number of nitrogens with one attached hydrogen (secondary N) is 2. The van der Waals surface area contributed by atoms with Gasteiger partial charge in [-0.25, -0.2) is 9.78 Å². The van der Waals surface area contributed by atoms with E-state index in [0.717, 1.165) is 6.07 Å². The molecule has 3 heterocycles. The Bertz CT molecular complexity index is 1140. The van der Waals surface area contributed by atoms with Crippen LogP contribution in [0.1, 0.15) is 0 Å². The predicted molar refractivity (Wildman–Crippen MR) is 103 cm³/mol. The van der Waals surface area contributed by atoms with Gasteiger partial charge in [0.15, 0.2) is 18.0 Å². The van der Waals surface area contributed by atoms with E-state index in [0.29, 0.717) is 16.9 Å². The lowest BCUT2D eigenvalue weighted by atomic mass is 10.1. The van der Waals surface area contributed by atoms with Crippen LogP contribution in [0.3, 0.4) is 0 Å². The van der Waals surface area contributed by atoms with Crippen LogP contribution in [0.15, 0.2) is 51.9 Å². The molecule has 1 aliphatic heterocycles. The van der Waals surface area contributed by atoms with Gasteiger partial charge in [0, 0.05) is 17.8 Å². The average Bonchev–Trinajstić information content (AvgIpc) is 3.21. The van der Waals surface area contributed by atoms with Crippen molar-refractivity contribution in [2.75, 3.05) is 23.4 Å². The zero-order chi connectivity index (χ0) is 22.0. The number of hydrogen-bond donors (Lipinski definition) is 3. The predicted octanol–water partition coefficient (Wildman–Crippen LogP) is 0.295. The van der Waals surface area contributed by atoms with Crippen LogP contribution in [-0.2, 0) is 14.3 Å². The van der Waals surface area contributed by atoms with Crippen molar-refractivity contribution >= 4 is 23.2 Å². The van der Waals surface area contributed by atoms with Gasteiger partial charge >= 0.3 is 5.76 Å². The summed E-state index contributed by atoms with van der Waals surface area (Å²) in [7, 11) is 0. The third kappa shape index (κ3) is 4.34. The molecular weight excluding hydrogens is 413 g/mol. The summed E-state index contributed by atoms with van der Waals surface area (Å²) in [6.45, 7) is 0.241. The normalized spacial score (nSPS) is 17.4. The van der Waals surface area contributed by atoms with E-state index in [2.05, 4.69) is 25.0 Å². The number of morpholine rings is 1. The molecule has 31 heavy (non-hydrogen) atoms. The molecule has 3 aromatic rings. The summed E-state index contributed by atoms with van der Waals surface area (Å²) >= 11 is 0. The summed E-state index contributed by atoms with van der Waals surface area (Å²) in [6, 6.07) is 8.66. The van der Waals surface area contributed by atoms with E-state index in [4.69, 9.17) is 4.74 Å². The number of benzene rings is 1. The fourth-order valence-electron chi connectivity index (χ4n) is 3.04. The number of ether oxygens (including phenoxy) is 1. The molecule has 3 N–H and O–H groups in total. The van der Waals surface area contributed by atoms with Gasteiger partial charge in [0.05, 0.1) is 18.5 Å². The van der Waals surface area contributed by atoms with Crippen molar-refractivity contribution in [2.45, 2.75) is 12.2 Å². The number of H-pyrrole nitrogens is 1. The van der Waals surface area contributed by atoms with Crippen molar-refractivity contribution in [2.24, 2.45) is 0 Å². The maximum Gasteiger partial charge on any atom is 0.439 e. The van der Waals surface area contributed by atoms with Gasteiger partial charge in [-0.3, -0.25) is 19.1 Å². The number of aliphatic hydroxyl groups excluding tert-OH is 1. The lowest BCUT2D eigenvalue weighted by Gasteiger charge is -2.33. The fraction of sp³-hybridized carbons (Fsp3) is 0.211. The number of pyridine rings is 1. The third-order valence-corrected chi connectivity index (χ3v) is 4.57. The van der Waals surface area contributed by atoms with Crippen molar-refractivity contribution in [3.05, 3.63) is 59.1 Å². The first-order chi connectivity index (χ1) is 14.9. The SMILES string of the molecule is O=C(Nc1ccc(-c2noc(=O)[nH]2)cc1)[C@H](O)[C@H]1OCCN(c2ccc(F)nc2)C1=O. The quantitative estimate of drug-likeness (QED) is 0.490. The Kier molecular flexibility index (Phi) is 5.56. The van der Waals surface area contributed by atoms with Crippen molar-refractivity contribution in [3.63, 3.8) is 0 Å². The molecule has 160 valence electrons. The molecule has 11 nitrogen and oxygen atoms in total. The van der Waals surface area contributed by atoms with Crippen LogP contribution in [0.25, 0.3) is 11.4 Å². The second-order valence-corrected chi connectivity index (χ2v) is 6.58. The highest BCUT2D eigenvalue weighted by Gasteiger charge is 2.39. The molecule has 2 amide bonds. The van der Waals surface area contributed by atoms with Crippen LogP contribution in [0.5, 0.6) is 0 Å². The molecule has 1 aromatic carbocycles. The standard InChI is InChI=1S/C19H16FN5O6/c20-13-6-5-12(9-21-13)25-7-8-30-15(18(25)28)14(26)17(27)22-11-3-1-10(2-4-11)16-23-19(29)31-24-16/h1-6,9,14-15,26H,7-8H2,(H,22,27)(H,23,24,29)/t14-,15-/m1/s1. The van der Waals surface area contributed by atoms with Gasteiger partial charge in [-0.15, -0.1) is 0 Å². The van der Waals surface area contributed by atoms with Gasteiger partial charge in [-0.1, -0.05) is 5.16 Å². The Morgan fingerprint density at radius 1 is 1.26 bits per heavy atom. The minimum Gasteiger partial charge on any atom is -0.380 e. The number of amides is 2. The number of rotatable bonds is 5. The van der Waals surface area contributed by atoms with Crippen LogP contribution < -0.4 is 16.0 Å². The Morgan fingerprint density at radius 3 is 2.68 bits per heavy atom. The van der Waals surface area contributed by atoms with E-state index in [1.165, 1.54) is 29.3 Å². The monoisotopic (exact) mass is 429 g/mol. The molecule has 2 aromatic heterocycles. The molecular formula is C19H16FN5O6. The molecule has 2 atom stereocenters. The summed E-state index contributed by atoms with van der Waals surface area (Å²) in [4.78, 5) is 43.4. The maximum absolute atomic E-state index is 13.0. The number of anilines is 2. The van der Waals surface area contributed by atoms with Crippen molar-refractivity contribution in [3.8, 4) is 11.4 Å². The van der Waals surface area contributed by atoms with E-state index in [-0.39, 0.29) is 19.0 Å². The Morgan fingerprint density at radius 2 is 2.03 bits per heavy atom. The maximum atomic E-state index is 13.0. The molecule has 0 bridgehead atoms. The number of halogens is 1. The highest BCUT2D eigenvalue weighted by atomic mass is 19.1. The molecule has 1 saturated heterocycles. The Balaban J connectivity index is 1.43. The number of aromatic nitrogens is 3. The molecule has 0 unspecified atom stereocenters. The number of hydrogen-bond acceptors (Lipinski definition) is 8. The Labute approximate surface area is 173 Å². The topological polar surface area (TPSA) is 151 Å². The molecule has 0 aliphatic carbocycles. The highest BCUT2D eigenvalue weighted by Crippen LogP contribution is 2.21. The summed E-state index contributed by atoms with van der Waals surface area (Å²) < 4.78 is 22.8. The first-order valence-corrected chi connectivity index (χ1v) is 9.12. The number of carbonyl (C=O) groups is 2. The lowest BCUT2D eigenvalue weighted by molar-refractivity contribution is -0.150. The van der Waals surface area contributed by atoms with Crippen molar-refractivity contribution in [1.29, 1.82) is 0 Å². The zero-order valence-corrected chi connectivity index (χ0v) is 15.8. The molecule has 0 saturated carbocycles. The number of aliphatic hydroxyl groups is 1. The highest BCUT2D eigenvalue weighted by molar-refractivity contribution is 6.03. The molecule has 0 radical (unpaired) electrons. The van der Waals surface area contributed by atoms with E-state index in [1.807, 2.05) is 0 Å². The summed E-state index contributed by atoms with van der Waals surface area (Å²) in [5, 5.41) is 16.4. The summed E-state index contributed by atoms with van der Waals surface area (Å²) in [6.07, 6.45) is -2.03. The Hall–Kier alpha value is -3.90. The van der Waals surface area contributed by atoms with E-state index >= 15 is 0 Å². The van der Waals surface area contributed by atoms with Gasteiger partial charge in [0.2, 0.25) is 5.95 Å². The first kappa shape index (κ1) is 20.4. The fourth-order valence-corrected chi connectivity index (χ4v) is 3.04. The van der Waals surface area contributed by atoms with Gasteiger partial charge in [0.25, 0.3) is 11.8 Å². The van der Waals surface area contributed by atoms with Crippen molar-refractivity contribution in [1.82, 2.24) is 15.1 Å². The van der Waals surface area contributed by atoms with Crippen LogP contribution in [0.4, 0.5) is 15.8 Å².